The van der Waals surface area contributed by atoms with Crippen LogP contribution in [0.5, 0.6) is 0 Å². The zero-order chi connectivity index (χ0) is 13.1. The van der Waals surface area contributed by atoms with E-state index >= 15 is 0 Å². The van der Waals surface area contributed by atoms with Gasteiger partial charge in [0.25, 0.3) is 0 Å². The quantitative estimate of drug-likeness (QED) is 0.857. The van der Waals surface area contributed by atoms with Gasteiger partial charge in [0.05, 0.1) is 0 Å². The number of hydrogen-bond donors (Lipinski definition) is 1. The Morgan fingerprint density at radius 1 is 1.24 bits per heavy atom. The highest BCUT2D eigenvalue weighted by Gasteiger charge is 2.22. The summed E-state index contributed by atoms with van der Waals surface area (Å²) in [7, 11) is 1.94. The van der Waals surface area contributed by atoms with E-state index in [-0.39, 0.29) is 5.41 Å². The standard InChI is InChI=1S/C13H25N3O/c1-9(13(3,4)5)7-12-15-11(16-17-12)8-10(2)14-6/h9-10,14H,7-8H2,1-6H3. The van der Waals surface area contributed by atoms with Crippen LogP contribution < -0.4 is 5.32 Å². The van der Waals surface area contributed by atoms with Gasteiger partial charge >= 0.3 is 0 Å². The molecule has 0 radical (unpaired) electrons. The second kappa shape index (κ2) is 5.63. The highest BCUT2D eigenvalue weighted by molar-refractivity contribution is 4.91. The SMILES string of the molecule is CNC(C)Cc1noc(CC(C)C(C)(C)C)n1. The van der Waals surface area contributed by atoms with Gasteiger partial charge in [0.15, 0.2) is 5.82 Å². The van der Waals surface area contributed by atoms with E-state index in [4.69, 9.17) is 4.52 Å². The maximum Gasteiger partial charge on any atom is 0.226 e. The molecule has 0 fully saturated rings. The lowest BCUT2D eigenvalue weighted by Crippen LogP contribution is -2.24. The first kappa shape index (κ1) is 14.2. The summed E-state index contributed by atoms with van der Waals surface area (Å²) in [6, 6.07) is 0.375. The topological polar surface area (TPSA) is 51.0 Å². The molecule has 1 rings (SSSR count). The zero-order valence-corrected chi connectivity index (χ0v) is 11.9. The largest absolute Gasteiger partial charge is 0.339 e. The van der Waals surface area contributed by atoms with Crippen molar-refractivity contribution in [1.29, 1.82) is 0 Å². The van der Waals surface area contributed by atoms with Crippen molar-refractivity contribution < 1.29 is 4.52 Å². The first-order chi connectivity index (χ1) is 7.82. The smallest absolute Gasteiger partial charge is 0.226 e. The van der Waals surface area contributed by atoms with Crippen molar-refractivity contribution in [3.05, 3.63) is 11.7 Å². The third kappa shape index (κ3) is 4.46. The third-order valence-corrected chi connectivity index (χ3v) is 3.45. The van der Waals surface area contributed by atoms with Crippen molar-refractivity contribution in [3.8, 4) is 0 Å². The number of nitrogens with zero attached hydrogens (tertiary/aromatic N) is 2. The highest BCUT2D eigenvalue weighted by Crippen LogP contribution is 2.27. The van der Waals surface area contributed by atoms with Gasteiger partial charge in [0, 0.05) is 18.9 Å². The Morgan fingerprint density at radius 2 is 1.88 bits per heavy atom. The van der Waals surface area contributed by atoms with E-state index in [1.807, 2.05) is 7.05 Å². The fourth-order valence-electron chi connectivity index (χ4n) is 1.40. The molecule has 2 unspecified atom stereocenters. The van der Waals surface area contributed by atoms with Crippen LogP contribution in [-0.2, 0) is 12.8 Å². The van der Waals surface area contributed by atoms with Crippen molar-refractivity contribution in [3.63, 3.8) is 0 Å². The van der Waals surface area contributed by atoms with Gasteiger partial charge in [-0.2, -0.15) is 4.98 Å². The average Bonchev–Trinajstić information content (AvgIpc) is 2.64. The molecular formula is C13H25N3O. The number of nitrogens with one attached hydrogen (secondary N) is 1. The van der Waals surface area contributed by atoms with E-state index in [1.54, 1.807) is 0 Å². The minimum Gasteiger partial charge on any atom is -0.339 e. The summed E-state index contributed by atoms with van der Waals surface area (Å²) >= 11 is 0. The average molecular weight is 239 g/mol. The zero-order valence-electron chi connectivity index (χ0n) is 11.9. The lowest BCUT2D eigenvalue weighted by atomic mass is 9.80. The lowest BCUT2D eigenvalue weighted by Gasteiger charge is -2.25. The summed E-state index contributed by atoms with van der Waals surface area (Å²) in [6.07, 6.45) is 1.66. The van der Waals surface area contributed by atoms with Crippen molar-refractivity contribution in [1.82, 2.24) is 15.5 Å². The van der Waals surface area contributed by atoms with Gasteiger partial charge < -0.3 is 9.84 Å². The first-order valence-corrected chi connectivity index (χ1v) is 6.31. The molecule has 2 atom stereocenters. The van der Waals surface area contributed by atoms with Crippen LogP contribution in [0.25, 0.3) is 0 Å². The van der Waals surface area contributed by atoms with Crippen LogP contribution in [0.3, 0.4) is 0 Å². The van der Waals surface area contributed by atoms with E-state index in [0.29, 0.717) is 12.0 Å². The number of aromatic nitrogens is 2. The molecule has 98 valence electrons. The Hall–Kier alpha value is -0.900. The second-order valence-corrected chi connectivity index (χ2v) is 5.97. The van der Waals surface area contributed by atoms with Gasteiger partial charge in [0.1, 0.15) is 0 Å². The van der Waals surface area contributed by atoms with Crippen molar-refractivity contribution in [2.75, 3.05) is 7.05 Å². The molecule has 0 amide bonds. The molecule has 0 spiro atoms. The van der Waals surface area contributed by atoms with E-state index in [1.165, 1.54) is 0 Å². The molecule has 4 heteroatoms. The van der Waals surface area contributed by atoms with Crippen molar-refractivity contribution in [2.45, 2.75) is 53.5 Å². The monoisotopic (exact) mass is 239 g/mol. The maximum absolute atomic E-state index is 5.29. The Kier molecular flexibility index (Phi) is 4.69. The van der Waals surface area contributed by atoms with E-state index in [0.717, 1.165) is 24.6 Å². The molecule has 0 aliphatic carbocycles. The third-order valence-electron chi connectivity index (χ3n) is 3.45. The number of hydrogen-bond acceptors (Lipinski definition) is 4. The first-order valence-electron chi connectivity index (χ1n) is 6.31. The molecule has 1 aromatic heterocycles. The molecule has 0 bridgehead atoms. The van der Waals surface area contributed by atoms with Crippen molar-refractivity contribution in [2.24, 2.45) is 11.3 Å². The number of rotatable bonds is 5. The summed E-state index contributed by atoms with van der Waals surface area (Å²) < 4.78 is 5.29. The minimum atomic E-state index is 0.271. The maximum atomic E-state index is 5.29. The van der Waals surface area contributed by atoms with E-state index in [2.05, 4.69) is 50.1 Å². The van der Waals surface area contributed by atoms with Gasteiger partial charge in [-0.1, -0.05) is 32.9 Å². The van der Waals surface area contributed by atoms with Crippen LogP contribution >= 0.6 is 0 Å². The summed E-state index contributed by atoms with van der Waals surface area (Å²) in [4.78, 5) is 4.43. The molecule has 1 N–H and O–H groups in total. The Morgan fingerprint density at radius 3 is 2.41 bits per heavy atom. The van der Waals surface area contributed by atoms with Gasteiger partial charge in [-0.25, -0.2) is 0 Å². The highest BCUT2D eigenvalue weighted by atomic mass is 16.5. The van der Waals surface area contributed by atoms with Crippen LogP contribution in [0.1, 0.15) is 46.3 Å². The number of likely N-dealkylation sites (N-methyl/N-ethyl adjacent to an activating group) is 1. The van der Waals surface area contributed by atoms with Gasteiger partial charge in [0.2, 0.25) is 5.89 Å². The Balaban J connectivity index is 2.57. The molecule has 0 saturated carbocycles. The summed E-state index contributed by atoms with van der Waals surface area (Å²) in [5.41, 5.74) is 0.271. The lowest BCUT2D eigenvalue weighted by molar-refractivity contribution is 0.236. The van der Waals surface area contributed by atoms with Gasteiger partial charge in [-0.15, -0.1) is 0 Å². The molecule has 0 aliphatic heterocycles. The predicted molar refractivity (Wildman–Crippen MR) is 68.8 cm³/mol. The van der Waals surface area contributed by atoms with Crippen LogP contribution in [0.15, 0.2) is 4.52 Å². The molecule has 0 aliphatic rings. The van der Waals surface area contributed by atoms with Crippen molar-refractivity contribution >= 4 is 0 Å². The van der Waals surface area contributed by atoms with Gasteiger partial charge in [-0.05, 0) is 25.3 Å². The normalized spacial score (nSPS) is 15.9. The molecule has 1 aromatic rings. The fraction of sp³-hybridized carbons (Fsp3) is 0.846. The van der Waals surface area contributed by atoms with Crippen LogP contribution in [-0.4, -0.2) is 23.2 Å². The molecule has 0 aromatic carbocycles. The second-order valence-electron chi connectivity index (χ2n) is 5.97. The molecule has 1 heterocycles. The Labute approximate surface area is 104 Å². The predicted octanol–water partition coefficient (Wildman–Crippen LogP) is 2.44. The van der Waals surface area contributed by atoms with Crippen LogP contribution in [0.4, 0.5) is 0 Å². The summed E-state index contributed by atoms with van der Waals surface area (Å²) in [5, 5.41) is 7.18. The molecular weight excluding hydrogens is 214 g/mol. The summed E-state index contributed by atoms with van der Waals surface area (Å²) in [6.45, 7) is 11.0. The van der Waals surface area contributed by atoms with Crippen LogP contribution in [0.2, 0.25) is 0 Å². The molecule has 17 heavy (non-hydrogen) atoms. The molecule has 0 saturated heterocycles. The van der Waals surface area contributed by atoms with E-state index < -0.39 is 0 Å². The van der Waals surface area contributed by atoms with Crippen LogP contribution in [0, 0.1) is 11.3 Å². The fourth-order valence-corrected chi connectivity index (χ4v) is 1.40. The minimum absolute atomic E-state index is 0.271. The van der Waals surface area contributed by atoms with Gasteiger partial charge in [-0.3, -0.25) is 0 Å². The Bertz CT molecular complexity index is 341. The molecule has 4 nitrogen and oxygen atoms in total. The summed E-state index contributed by atoms with van der Waals surface area (Å²) in [5.74, 6) is 2.08. The van der Waals surface area contributed by atoms with E-state index in [9.17, 15) is 0 Å².